The van der Waals surface area contributed by atoms with Crippen LogP contribution in [0.2, 0.25) is 0 Å². The first kappa shape index (κ1) is 17.8. The number of rotatable bonds is 3. The molecule has 2 nitrogen and oxygen atoms in total. The summed E-state index contributed by atoms with van der Waals surface area (Å²) in [5.41, 5.74) is 3.15. The van der Waals surface area contributed by atoms with Crippen LogP contribution in [0.4, 0.5) is 8.78 Å². The van der Waals surface area contributed by atoms with Crippen molar-refractivity contribution in [2.45, 2.75) is 31.8 Å². The van der Waals surface area contributed by atoms with Crippen LogP contribution in [0.5, 0.6) is 0 Å². The highest BCUT2D eigenvalue weighted by Gasteiger charge is 2.45. The Hall–Kier alpha value is -2.59. The smallest absolute Gasteiger partial charge is 0.188 e. The molecule has 2 aromatic carbocycles. The zero-order valence-corrected chi connectivity index (χ0v) is 15.2. The maximum absolute atomic E-state index is 13.3. The van der Waals surface area contributed by atoms with Crippen LogP contribution in [-0.4, -0.2) is 29.3 Å². The fraction of sp³-hybridized carbons (Fsp3) is 0.261. The van der Waals surface area contributed by atoms with Gasteiger partial charge in [0.2, 0.25) is 0 Å². The largest absolute Gasteiger partial charge is 0.289 e. The summed E-state index contributed by atoms with van der Waals surface area (Å²) in [6.45, 7) is 2.95. The standard InChI is InChI=1S/C23H21F2NO/c1-2-26-21-11-12-22(26)20(14-16-5-9-18(25)10-6-16)23(27)19(21)13-15-3-7-17(24)8-4-15/h3-10,13-14,21-22H,2,11-12H2,1H3/b19-13+,20-14+. The summed E-state index contributed by atoms with van der Waals surface area (Å²) >= 11 is 0. The predicted molar refractivity (Wildman–Crippen MR) is 103 cm³/mol. The van der Waals surface area contributed by atoms with E-state index in [1.54, 1.807) is 24.3 Å². The highest BCUT2D eigenvalue weighted by molar-refractivity contribution is 6.16. The van der Waals surface area contributed by atoms with Gasteiger partial charge in [0, 0.05) is 23.2 Å². The summed E-state index contributed by atoms with van der Waals surface area (Å²) < 4.78 is 26.4. The van der Waals surface area contributed by atoms with Crippen LogP contribution < -0.4 is 0 Å². The topological polar surface area (TPSA) is 20.3 Å². The Labute approximate surface area is 157 Å². The fourth-order valence-electron chi connectivity index (χ4n) is 4.24. The van der Waals surface area contributed by atoms with E-state index >= 15 is 0 Å². The molecule has 2 unspecified atom stereocenters. The zero-order chi connectivity index (χ0) is 19.0. The van der Waals surface area contributed by atoms with Gasteiger partial charge in [-0.3, -0.25) is 9.69 Å². The van der Waals surface area contributed by atoms with Crippen molar-refractivity contribution in [3.05, 3.63) is 82.4 Å². The van der Waals surface area contributed by atoms with Crippen LogP contribution in [0, 0.1) is 11.6 Å². The third-order valence-corrected chi connectivity index (χ3v) is 5.51. The molecule has 27 heavy (non-hydrogen) atoms. The molecule has 0 amide bonds. The lowest BCUT2D eigenvalue weighted by molar-refractivity contribution is -0.114. The minimum atomic E-state index is -0.292. The molecular formula is C23H21F2NO. The maximum Gasteiger partial charge on any atom is 0.188 e. The van der Waals surface area contributed by atoms with E-state index in [1.807, 2.05) is 12.2 Å². The van der Waals surface area contributed by atoms with Gasteiger partial charge in [0.1, 0.15) is 11.6 Å². The fourth-order valence-corrected chi connectivity index (χ4v) is 4.24. The number of hydrogen-bond acceptors (Lipinski definition) is 2. The van der Waals surface area contributed by atoms with Crippen molar-refractivity contribution in [1.29, 1.82) is 0 Å². The molecule has 0 aliphatic carbocycles. The molecule has 138 valence electrons. The molecule has 2 heterocycles. The van der Waals surface area contributed by atoms with Crippen molar-refractivity contribution in [3.63, 3.8) is 0 Å². The van der Waals surface area contributed by atoms with Gasteiger partial charge in [-0.05, 0) is 66.9 Å². The molecule has 2 aromatic rings. The molecule has 2 aliphatic heterocycles. The van der Waals surface area contributed by atoms with Crippen LogP contribution >= 0.6 is 0 Å². The van der Waals surface area contributed by atoms with E-state index in [0.717, 1.165) is 41.7 Å². The van der Waals surface area contributed by atoms with Crippen LogP contribution in [-0.2, 0) is 4.79 Å². The third kappa shape index (κ3) is 3.37. The van der Waals surface area contributed by atoms with Gasteiger partial charge in [-0.1, -0.05) is 31.2 Å². The minimum Gasteiger partial charge on any atom is -0.289 e. The number of benzene rings is 2. The Bertz CT molecular complexity index is 839. The molecule has 2 aliphatic rings. The Morgan fingerprint density at radius 2 is 1.26 bits per heavy atom. The average Bonchev–Trinajstić information content (AvgIpc) is 3.04. The molecule has 0 N–H and O–H groups in total. The van der Waals surface area contributed by atoms with Crippen molar-refractivity contribution in [3.8, 4) is 0 Å². The minimum absolute atomic E-state index is 0.0425. The van der Waals surface area contributed by atoms with Gasteiger partial charge in [0.05, 0.1) is 0 Å². The van der Waals surface area contributed by atoms with E-state index < -0.39 is 0 Å². The number of fused-ring (bicyclic) bond motifs is 2. The van der Waals surface area contributed by atoms with E-state index in [1.165, 1.54) is 24.3 Å². The number of hydrogen-bond donors (Lipinski definition) is 0. The maximum atomic E-state index is 13.3. The van der Waals surface area contributed by atoms with Crippen molar-refractivity contribution in [2.75, 3.05) is 6.54 Å². The number of likely N-dealkylation sites (N-methyl/N-ethyl adjacent to an activating group) is 1. The highest BCUT2D eigenvalue weighted by Crippen LogP contribution is 2.41. The number of Topliss-reactive ketones (excluding diaryl/α,β-unsaturated/α-hetero) is 1. The highest BCUT2D eigenvalue weighted by atomic mass is 19.1. The summed E-state index contributed by atoms with van der Waals surface area (Å²) in [7, 11) is 0. The molecule has 0 saturated carbocycles. The summed E-state index contributed by atoms with van der Waals surface area (Å²) in [6, 6.07) is 12.6. The Morgan fingerprint density at radius 3 is 1.63 bits per heavy atom. The van der Waals surface area contributed by atoms with Crippen LogP contribution in [0.3, 0.4) is 0 Å². The van der Waals surface area contributed by atoms with Gasteiger partial charge in [0.25, 0.3) is 0 Å². The van der Waals surface area contributed by atoms with Gasteiger partial charge in [0.15, 0.2) is 5.78 Å². The predicted octanol–water partition coefficient (Wildman–Crippen LogP) is 4.87. The van der Waals surface area contributed by atoms with Gasteiger partial charge in [-0.25, -0.2) is 8.78 Å². The molecule has 4 heteroatoms. The molecule has 2 atom stereocenters. The molecule has 0 aromatic heterocycles. The van der Waals surface area contributed by atoms with Crippen molar-refractivity contribution in [2.24, 2.45) is 0 Å². The summed E-state index contributed by atoms with van der Waals surface area (Å²) in [4.78, 5) is 15.6. The molecule has 4 rings (SSSR count). The second kappa shape index (κ2) is 7.20. The number of nitrogens with zero attached hydrogens (tertiary/aromatic N) is 1. The quantitative estimate of drug-likeness (QED) is 0.724. The van der Waals surface area contributed by atoms with Crippen molar-refractivity contribution < 1.29 is 13.6 Å². The Balaban J connectivity index is 1.77. The summed E-state index contributed by atoms with van der Waals surface area (Å²) in [5.74, 6) is -0.541. The normalized spacial score (nSPS) is 25.5. The monoisotopic (exact) mass is 365 g/mol. The molecule has 2 fully saturated rings. The second-order valence-corrected chi connectivity index (χ2v) is 7.07. The number of carbonyl (C=O) groups excluding carboxylic acids is 1. The lowest BCUT2D eigenvalue weighted by Gasteiger charge is -2.36. The lowest BCUT2D eigenvalue weighted by Crippen LogP contribution is -2.46. The Morgan fingerprint density at radius 1 is 0.852 bits per heavy atom. The average molecular weight is 365 g/mol. The SMILES string of the molecule is CCN1C2CCC1/C(=C\c1ccc(F)cc1)C(=O)/C2=C/c1ccc(F)cc1. The lowest BCUT2D eigenvalue weighted by atomic mass is 9.88. The molecular weight excluding hydrogens is 344 g/mol. The van der Waals surface area contributed by atoms with Crippen molar-refractivity contribution in [1.82, 2.24) is 4.90 Å². The zero-order valence-electron chi connectivity index (χ0n) is 15.2. The first-order chi connectivity index (χ1) is 13.1. The summed E-state index contributed by atoms with van der Waals surface area (Å²) in [5, 5.41) is 0. The molecule has 2 bridgehead atoms. The number of halogens is 2. The van der Waals surface area contributed by atoms with Gasteiger partial charge >= 0.3 is 0 Å². The van der Waals surface area contributed by atoms with Gasteiger partial charge < -0.3 is 0 Å². The molecule has 2 saturated heterocycles. The molecule has 0 spiro atoms. The number of ketones is 1. The number of carbonyl (C=O) groups is 1. The van der Waals surface area contributed by atoms with E-state index in [9.17, 15) is 13.6 Å². The van der Waals surface area contributed by atoms with E-state index in [2.05, 4.69) is 11.8 Å². The number of piperidine rings is 1. The summed E-state index contributed by atoms with van der Waals surface area (Å²) in [6.07, 6.45) is 5.63. The van der Waals surface area contributed by atoms with Crippen molar-refractivity contribution >= 4 is 17.9 Å². The van der Waals surface area contributed by atoms with Gasteiger partial charge in [-0.2, -0.15) is 0 Å². The van der Waals surface area contributed by atoms with Gasteiger partial charge in [-0.15, -0.1) is 0 Å². The Kier molecular flexibility index (Phi) is 4.75. The first-order valence-corrected chi connectivity index (χ1v) is 9.31. The van der Waals surface area contributed by atoms with E-state index in [-0.39, 0.29) is 29.5 Å². The van der Waals surface area contributed by atoms with Crippen LogP contribution in [0.1, 0.15) is 30.9 Å². The van der Waals surface area contributed by atoms with Crippen LogP contribution in [0.25, 0.3) is 12.2 Å². The third-order valence-electron chi connectivity index (χ3n) is 5.51. The first-order valence-electron chi connectivity index (χ1n) is 9.31. The van der Waals surface area contributed by atoms with Crippen LogP contribution in [0.15, 0.2) is 59.7 Å². The molecule has 0 radical (unpaired) electrons. The second-order valence-electron chi connectivity index (χ2n) is 7.07. The van der Waals surface area contributed by atoms with E-state index in [4.69, 9.17) is 0 Å². The van der Waals surface area contributed by atoms with E-state index in [0.29, 0.717) is 0 Å².